The third kappa shape index (κ3) is 75.7. The van der Waals surface area contributed by atoms with Crippen molar-refractivity contribution in [2.24, 2.45) is 0 Å². The third-order valence-electron chi connectivity index (χ3n) is 16.9. The van der Waals surface area contributed by atoms with Crippen LogP contribution in [0.25, 0.3) is 0 Å². The number of phosphoric acid groups is 2. The highest BCUT2D eigenvalue weighted by Crippen LogP contribution is 2.45. The normalized spacial score (nSPS) is 14.5. The molecule has 0 spiro atoms. The highest BCUT2D eigenvalue weighted by atomic mass is 31.2. The van der Waals surface area contributed by atoms with Gasteiger partial charge in [0, 0.05) is 25.7 Å². The molecule has 0 aromatic carbocycles. The fourth-order valence-electron chi connectivity index (χ4n) is 10.7. The molecule has 0 aromatic rings. The molecule has 17 nitrogen and oxygen atoms in total. The summed E-state index contributed by atoms with van der Waals surface area (Å²) in [6.07, 6.45) is 84.7. The highest BCUT2D eigenvalue weighted by molar-refractivity contribution is 7.47. The van der Waals surface area contributed by atoms with Crippen LogP contribution in [-0.2, 0) is 65.4 Å². The van der Waals surface area contributed by atoms with E-state index < -0.39 is 97.5 Å². The molecule has 3 N–H and O–H groups in total. The van der Waals surface area contributed by atoms with Gasteiger partial charge >= 0.3 is 39.5 Å². The predicted octanol–water partition coefficient (Wildman–Crippen LogP) is 23.9. The minimum absolute atomic E-state index is 0.0334. The number of ether oxygens (including phenoxy) is 4. The van der Waals surface area contributed by atoms with Gasteiger partial charge in [-0.05, 0) is 128 Å². The summed E-state index contributed by atoms with van der Waals surface area (Å²) < 4.78 is 68.5. The second-order valence-corrected chi connectivity index (χ2v) is 29.9. The number of carbonyl (C=O) groups is 4. The van der Waals surface area contributed by atoms with E-state index in [1.165, 1.54) is 96.3 Å². The van der Waals surface area contributed by atoms with Crippen LogP contribution < -0.4 is 0 Å². The molecule has 598 valence electrons. The van der Waals surface area contributed by atoms with Gasteiger partial charge in [-0.2, -0.15) is 0 Å². The van der Waals surface area contributed by atoms with Gasteiger partial charge in [-0.1, -0.05) is 303 Å². The van der Waals surface area contributed by atoms with E-state index >= 15 is 0 Å². The maximum Gasteiger partial charge on any atom is 0.472 e. The first kappa shape index (κ1) is 99.5. The Kier molecular flexibility index (Phi) is 73.3. The number of hydrogen-bond acceptors (Lipinski definition) is 15. The molecule has 5 atom stereocenters. The first-order valence-corrected chi connectivity index (χ1v) is 43.8. The lowest BCUT2D eigenvalue weighted by atomic mass is 10.0. The molecule has 0 aromatic heterocycles. The predicted molar refractivity (Wildman–Crippen MR) is 427 cm³/mol. The molecule has 19 heteroatoms. The lowest BCUT2D eigenvalue weighted by molar-refractivity contribution is -0.161. The van der Waals surface area contributed by atoms with Gasteiger partial charge < -0.3 is 33.8 Å². The number of hydrogen-bond donors (Lipinski definition) is 3. The van der Waals surface area contributed by atoms with Crippen molar-refractivity contribution in [1.82, 2.24) is 0 Å². The van der Waals surface area contributed by atoms with Crippen molar-refractivity contribution in [3.05, 3.63) is 122 Å². The summed E-state index contributed by atoms with van der Waals surface area (Å²) in [4.78, 5) is 73.0. The van der Waals surface area contributed by atoms with Gasteiger partial charge in [-0.15, -0.1) is 0 Å². The molecule has 0 fully saturated rings. The number of aliphatic hydroxyl groups is 1. The zero-order valence-corrected chi connectivity index (χ0v) is 67.2. The molecule has 0 aliphatic carbocycles. The summed E-state index contributed by atoms with van der Waals surface area (Å²) >= 11 is 0. The number of phosphoric ester groups is 2. The van der Waals surface area contributed by atoms with E-state index in [1.54, 1.807) is 0 Å². The first-order chi connectivity index (χ1) is 50.7. The second kappa shape index (κ2) is 76.6. The third-order valence-corrected chi connectivity index (χ3v) is 18.8. The van der Waals surface area contributed by atoms with E-state index in [2.05, 4.69) is 131 Å². The van der Waals surface area contributed by atoms with E-state index in [1.807, 2.05) is 18.2 Å². The molecule has 5 unspecified atom stereocenters. The van der Waals surface area contributed by atoms with Crippen molar-refractivity contribution >= 4 is 39.5 Å². The van der Waals surface area contributed by atoms with Gasteiger partial charge in [0.05, 0.1) is 26.4 Å². The summed E-state index contributed by atoms with van der Waals surface area (Å²) in [5.74, 6) is -2.28. The molecule has 0 aliphatic heterocycles. The SMILES string of the molecule is CC/C=C\C/C=C\C/C=C\C/C=C\C/C=C\C/C=C\CCC(=O)OCC(COP(=O)(O)OCC(O)COP(=O)(O)OCC(COC(=O)CCCCCCCC/C=C\C/C=C\C/C=C\CCCCC)OC(=O)CCCCCCCCCCCCCCC)OC(=O)CCCCCCC/C=C\CCCCCC. The second-order valence-electron chi connectivity index (χ2n) is 27.0. The molecule has 0 bridgehead atoms. The largest absolute Gasteiger partial charge is 0.472 e. The first-order valence-electron chi connectivity index (χ1n) is 40.8. The Morgan fingerprint density at radius 2 is 0.519 bits per heavy atom. The summed E-state index contributed by atoms with van der Waals surface area (Å²) in [6.45, 7) is 4.64. The minimum atomic E-state index is -5.00. The van der Waals surface area contributed by atoms with E-state index in [-0.39, 0.29) is 25.7 Å². The lowest BCUT2D eigenvalue weighted by Crippen LogP contribution is -2.30. The average Bonchev–Trinajstić information content (AvgIpc) is 0.913. The van der Waals surface area contributed by atoms with Gasteiger partial charge in [0.1, 0.15) is 19.3 Å². The molecule has 0 heterocycles. The van der Waals surface area contributed by atoms with E-state index in [0.717, 1.165) is 154 Å². The van der Waals surface area contributed by atoms with E-state index in [0.29, 0.717) is 32.1 Å². The van der Waals surface area contributed by atoms with Gasteiger partial charge in [-0.3, -0.25) is 37.3 Å². The quantitative estimate of drug-likeness (QED) is 0.0169. The van der Waals surface area contributed by atoms with Crippen LogP contribution in [0.2, 0.25) is 0 Å². The standard InChI is InChI=1S/C85H146O17P2/c1-5-9-13-17-21-25-29-33-35-37-39-41-43-47-49-53-57-61-65-69-82(87)95-75-80(101-84(89)71-67-63-59-55-51-45-31-27-23-19-15-11-7-3)77-99-103(91,92)97-73-79(86)74-98-104(93,94)100-78-81(102-85(90)72-68-64-60-56-52-46-32-28-24-20-16-12-8-4)76-96-83(88)70-66-62-58-54-50-48-44-42-40-38-36-34-30-26-22-18-14-10-6-2/h9,13,21-22,25-27,31,33-36,39-42,47,49,57,61,79-81,86H,5-8,10-12,14-20,23-24,28-30,32,37-38,43-46,48,50-56,58-60,62-78H2,1-4H3,(H,91,92)(H,93,94)/b13-9-,25-21-,26-22-,31-27-,35-33-,36-34-,41-39-,42-40-,49-47-,61-57-. The van der Waals surface area contributed by atoms with Crippen LogP contribution in [0.4, 0.5) is 0 Å². The number of carbonyl (C=O) groups excluding carboxylic acids is 4. The molecule has 0 rings (SSSR count). The van der Waals surface area contributed by atoms with Crippen molar-refractivity contribution in [2.75, 3.05) is 39.6 Å². The Morgan fingerprint density at radius 1 is 0.279 bits per heavy atom. The summed E-state index contributed by atoms with van der Waals surface area (Å²) in [7, 11) is -9.98. The van der Waals surface area contributed by atoms with Crippen LogP contribution in [0.3, 0.4) is 0 Å². The number of esters is 4. The Labute approximate surface area is 632 Å². The van der Waals surface area contributed by atoms with Crippen LogP contribution in [-0.4, -0.2) is 96.7 Å². The lowest BCUT2D eigenvalue weighted by Gasteiger charge is -2.21. The molecule has 0 amide bonds. The van der Waals surface area contributed by atoms with Crippen molar-refractivity contribution in [3.63, 3.8) is 0 Å². The molecular formula is C85H146O17P2. The van der Waals surface area contributed by atoms with Crippen molar-refractivity contribution < 1.29 is 80.2 Å². The van der Waals surface area contributed by atoms with Gasteiger partial charge in [0.25, 0.3) is 0 Å². The fraction of sp³-hybridized carbons (Fsp3) is 0.718. The smallest absolute Gasteiger partial charge is 0.462 e. The van der Waals surface area contributed by atoms with Crippen molar-refractivity contribution in [3.8, 4) is 0 Å². The summed E-state index contributed by atoms with van der Waals surface area (Å²) in [6, 6.07) is 0. The summed E-state index contributed by atoms with van der Waals surface area (Å²) in [5.41, 5.74) is 0. The minimum Gasteiger partial charge on any atom is -0.462 e. The molecule has 0 saturated carbocycles. The fourth-order valence-corrected chi connectivity index (χ4v) is 12.3. The highest BCUT2D eigenvalue weighted by Gasteiger charge is 2.30. The number of rotatable bonds is 76. The van der Waals surface area contributed by atoms with E-state index in [4.69, 9.17) is 37.0 Å². The van der Waals surface area contributed by atoms with Crippen LogP contribution >= 0.6 is 15.6 Å². The summed E-state index contributed by atoms with van der Waals surface area (Å²) in [5, 5.41) is 10.6. The number of allylic oxidation sites excluding steroid dienone is 20. The van der Waals surface area contributed by atoms with Crippen molar-refractivity contribution in [1.29, 1.82) is 0 Å². The van der Waals surface area contributed by atoms with Gasteiger partial charge in [0.15, 0.2) is 12.2 Å². The maximum absolute atomic E-state index is 13.1. The van der Waals surface area contributed by atoms with E-state index in [9.17, 15) is 43.2 Å². The molecular weight excluding hydrogens is 1350 g/mol. The van der Waals surface area contributed by atoms with Gasteiger partial charge in [-0.25, -0.2) is 9.13 Å². The zero-order chi connectivity index (χ0) is 76.0. The Bertz CT molecular complexity index is 2440. The number of unbranched alkanes of at least 4 members (excludes halogenated alkanes) is 30. The van der Waals surface area contributed by atoms with Gasteiger partial charge in [0.2, 0.25) is 0 Å². The number of aliphatic hydroxyl groups excluding tert-OH is 1. The Hall–Kier alpha value is -4.54. The molecule has 0 radical (unpaired) electrons. The monoisotopic (exact) mass is 1500 g/mol. The van der Waals surface area contributed by atoms with Crippen LogP contribution in [0.1, 0.15) is 336 Å². The topological polar surface area (TPSA) is 237 Å². The van der Waals surface area contributed by atoms with Crippen LogP contribution in [0, 0.1) is 0 Å². The zero-order valence-electron chi connectivity index (χ0n) is 65.4. The molecule has 104 heavy (non-hydrogen) atoms. The van der Waals surface area contributed by atoms with Crippen molar-refractivity contribution in [2.45, 2.75) is 354 Å². The Morgan fingerprint density at radius 3 is 0.865 bits per heavy atom. The van der Waals surface area contributed by atoms with Crippen LogP contribution in [0.5, 0.6) is 0 Å². The average molecular weight is 1500 g/mol. The Balaban J connectivity index is 5.39. The molecule has 0 saturated heterocycles. The molecule has 0 aliphatic rings. The van der Waals surface area contributed by atoms with Crippen LogP contribution in [0.15, 0.2) is 122 Å². The maximum atomic E-state index is 13.1.